The zero-order valence-electron chi connectivity index (χ0n) is 14.2. The van der Waals surface area contributed by atoms with E-state index < -0.39 is 0 Å². The molecule has 0 saturated carbocycles. The van der Waals surface area contributed by atoms with Gasteiger partial charge in [-0.2, -0.15) is 4.98 Å². The van der Waals surface area contributed by atoms with E-state index in [-0.39, 0.29) is 5.82 Å². The third-order valence-electron chi connectivity index (χ3n) is 3.71. The average molecular weight is 337 g/mol. The van der Waals surface area contributed by atoms with E-state index in [1.54, 1.807) is 24.4 Å². The summed E-state index contributed by atoms with van der Waals surface area (Å²) >= 11 is 0. The Kier molecular flexibility index (Phi) is 5.09. The summed E-state index contributed by atoms with van der Waals surface area (Å²) in [5, 5.41) is 6.28. The van der Waals surface area contributed by atoms with E-state index in [1.807, 2.05) is 49.3 Å². The maximum atomic E-state index is 13.7. The normalized spacial score (nSPS) is 10.4. The van der Waals surface area contributed by atoms with Crippen molar-refractivity contribution in [2.45, 2.75) is 6.54 Å². The van der Waals surface area contributed by atoms with Crippen LogP contribution in [0.3, 0.4) is 0 Å². The fourth-order valence-corrected chi connectivity index (χ4v) is 2.32. The highest BCUT2D eigenvalue weighted by molar-refractivity contribution is 5.59. The Balaban J connectivity index is 1.66. The van der Waals surface area contributed by atoms with Gasteiger partial charge in [-0.25, -0.2) is 9.37 Å². The summed E-state index contributed by atoms with van der Waals surface area (Å²) < 4.78 is 13.7. The highest BCUT2D eigenvalue weighted by Crippen LogP contribution is 2.19. The Bertz CT molecular complexity index is 833. The fourth-order valence-electron chi connectivity index (χ4n) is 2.32. The van der Waals surface area contributed by atoms with Crippen LogP contribution in [0.4, 0.5) is 27.5 Å². The Hall–Kier alpha value is -3.15. The molecule has 0 unspecified atom stereocenters. The van der Waals surface area contributed by atoms with Gasteiger partial charge < -0.3 is 15.5 Å². The number of hydrogen-bond donors (Lipinski definition) is 2. The van der Waals surface area contributed by atoms with Crippen LogP contribution in [0.25, 0.3) is 0 Å². The Morgan fingerprint density at radius 3 is 2.48 bits per heavy atom. The van der Waals surface area contributed by atoms with Crippen molar-refractivity contribution in [3.05, 3.63) is 72.2 Å². The van der Waals surface area contributed by atoms with Crippen LogP contribution in [0.5, 0.6) is 0 Å². The average Bonchev–Trinajstić information content (AvgIpc) is 2.62. The summed E-state index contributed by atoms with van der Waals surface area (Å²) in [6.45, 7) is 0.362. The van der Waals surface area contributed by atoms with Gasteiger partial charge >= 0.3 is 0 Å². The molecule has 0 aliphatic heterocycles. The minimum absolute atomic E-state index is 0.233. The predicted octanol–water partition coefficient (Wildman–Crippen LogP) is 4.04. The minimum Gasteiger partial charge on any atom is -0.378 e. The second kappa shape index (κ2) is 7.61. The van der Waals surface area contributed by atoms with E-state index in [1.165, 1.54) is 6.07 Å². The quantitative estimate of drug-likeness (QED) is 0.711. The lowest BCUT2D eigenvalue weighted by Gasteiger charge is -2.13. The van der Waals surface area contributed by atoms with Gasteiger partial charge in [-0.05, 0) is 36.4 Å². The molecule has 0 amide bonds. The molecule has 2 aromatic carbocycles. The summed E-state index contributed by atoms with van der Waals surface area (Å²) in [7, 11) is 3.99. The lowest BCUT2D eigenvalue weighted by atomic mass is 10.2. The van der Waals surface area contributed by atoms with Crippen molar-refractivity contribution < 1.29 is 4.39 Å². The summed E-state index contributed by atoms with van der Waals surface area (Å²) in [4.78, 5) is 10.7. The van der Waals surface area contributed by atoms with Gasteiger partial charge in [-0.1, -0.05) is 18.2 Å². The molecule has 0 bridgehead atoms. The highest BCUT2D eigenvalue weighted by atomic mass is 19.1. The van der Waals surface area contributed by atoms with E-state index in [2.05, 4.69) is 20.6 Å². The SMILES string of the molecule is CN(C)c1ccc(Nc2nccc(NCc3ccccc3F)n2)cc1. The molecule has 128 valence electrons. The monoisotopic (exact) mass is 337 g/mol. The van der Waals surface area contributed by atoms with Gasteiger partial charge in [0, 0.05) is 43.8 Å². The molecular weight excluding hydrogens is 317 g/mol. The molecule has 5 nitrogen and oxygen atoms in total. The lowest BCUT2D eigenvalue weighted by Crippen LogP contribution is -2.08. The molecule has 0 radical (unpaired) electrons. The molecule has 6 heteroatoms. The summed E-state index contributed by atoms with van der Waals surface area (Å²) in [6.07, 6.45) is 1.66. The van der Waals surface area contributed by atoms with Crippen molar-refractivity contribution in [3.63, 3.8) is 0 Å². The maximum absolute atomic E-state index is 13.7. The minimum atomic E-state index is -0.233. The van der Waals surface area contributed by atoms with Crippen LogP contribution in [-0.2, 0) is 6.54 Å². The molecule has 25 heavy (non-hydrogen) atoms. The predicted molar refractivity (Wildman–Crippen MR) is 99.8 cm³/mol. The topological polar surface area (TPSA) is 53.1 Å². The molecule has 0 saturated heterocycles. The smallest absolute Gasteiger partial charge is 0.229 e. The molecule has 2 N–H and O–H groups in total. The first-order valence-corrected chi connectivity index (χ1v) is 7.96. The number of halogens is 1. The number of nitrogens with one attached hydrogen (secondary N) is 2. The van der Waals surface area contributed by atoms with E-state index in [9.17, 15) is 4.39 Å². The molecular formula is C19H20FN5. The molecule has 3 aromatic rings. The van der Waals surface area contributed by atoms with Crippen molar-refractivity contribution in [3.8, 4) is 0 Å². The second-order valence-corrected chi connectivity index (χ2v) is 5.78. The van der Waals surface area contributed by atoms with Crippen LogP contribution < -0.4 is 15.5 Å². The number of aromatic nitrogens is 2. The van der Waals surface area contributed by atoms with Gasteiger partial charge in [-0.3, -0.25) is 0 Å². The number of benzene rings is 2. The zero-order chi connectivity index (χ0) is 17.6. The van der Waals surface area contributed by atoms with Crippen LogP contribution in [-0.4, -0.2) is 24.1 Å². The third-order valence-corrected chi connectivity index (χ3v) is 3.71. The summed E-state index contributed by atoms with van der Waals surface area (Å²) in [6, 6.07) is 16.4. The Labute approximate surface area is 146 Å². The fraction of sp³-hybridized carbons (Fsp3) is 0.158. The number of nitrogens with zero attached hydrogens (tertiary/aromatic N) is 3. The maximum Gasteiger partial charge on any atom is 0.229 e. The van der Waals surface area contributed by atoms with Crippen LogP contribution >= 0.6 is 0 Å². The van der Waals surface area contributed by atoms with E-state index in [0.717, 1.165) is 11.4 Å². The number of anilines is 4. The molecule has 1 aromatic heterocycles. The van der Waals surface area contributed by atoms with Crippen molar-refractivity contribution in [1.82, 2.24) is 9.97 Å². The van der Waals surface area contributed by atoms with Crippen molar-refractivity contribution in [2.24, 2.45) is 0 Å². The second-order valence-electron chi connectivity index (χ2n) is 5.78. The molecule has 0 aliphatic carbocycles. The van der Waals surface area contributed by atoms with Gasteiger partial charge in [0.05, 0.1) is 0 Å². The summed E-state index contributed by atoms with van der Waals surface area (Å²) in [5.41, 5.74) is 2.61. The van der Waals surface area contributed by atoms with Gasteiger partial charge in [0.2, 0.25) is 5.95 Å². The largest absolute Gasteiger partial charge is 0.378 e. The van der Waals surface area contributed by atoms with Crippen LogP contribution in [0.15, 0.2) is 60.8 Å². The van der Waals surface area contributed by atoms with Crippen LogP contribution in [0.2, 0.25) is 0 Å². The van der Waals surface area contributed by atoms with E-state index >= 15 is 0 Å². The molecule has 3 rings (SSSR count). The van der Waals surface area contributed by atoms with Crippen LogP contribution in [0, 0.1) is 5.82 Å². The Morgan fingerprint density at radius 2 is 1.76 bits per heavy atom. The zero-order valence-corrected chi connectivity index (χ0v) is 14.2. The molecule has 0 atom stereocenters. The molecule has 1 heterocycles. The molecule has 0 aliphatic rings. The van der Waals surface area contributed by atoms with Crippen LogP contribution in [0.1, 0.15) is 5.56 Å². The Morgan fingerprint density at radius 1 is 1.00 bits per heavy atom. The number of rotatable bonds is 6. The standard InChI is InChI=1S/C19H20FN5/c1-25(2)16-9-7-15(8-10-16)23-19-21-12-11-18(24-19)22-13-14-5-3-4-6-17(14)20/h3-12H,13H2,1-2H3,(H2,21,22,23,24). The summed E-state index contributed by atoms with van der Waals surface area (Å²) in [5.74, 6) is 0.880. The van der Waals surface area contributed by atoms with Crippen molar-refractivity contribution in [1.29, 1.82) is 0 Å². The van der Waals surface area contributed by atoms with Gasteiger partial charge in [0.25, 0.3) is 0 Å². The van der Waals surface area contributed by atoms with Crippen molar-refractivity contribution >= 4 is 23.1 Å². The van der Waals surface area contributed by atoms with Crippen molar-refractivity contribution in [2.75, 3.05) is 29.6 Å². The van der Waals surface area contributed by atoms with Gasteiger partial charge in [-0.15, -0.1) is 0 Å². The van der Waals surface area contributed by atoms with Gasteiger partial charge in [0.1, 0.15) is 11.6 Å². The van der Waals surface area contributed by atoms with E-state index in [4.69, 9.17) is 0 Å². The first-order chi connectivity index (χ1) is 12.1. The molecule has 0 fully saturated rings. The first-order valence-electron chi connectivity index (χ1n) is 7.96. The lowest BCUT2D eigenvalue weighted by molar-refractivity contribution is 0.613. The number of hydrogen-bond acceptors (Lipinski definition) is 5. The first kappa shape index (κ1) is 16.7. The molecule has 0 spiro atoms. The highest BCUT2D eigenvalue weighted by Gasteiger charge is 2.03. The van der Waals surface area contributed by atoms with Gasteiger partial charge in [0.15, 0.2) is 0 Å². The third kappa shape index (κ3) is 4.44. The van der Waals surface area contributed by atoms with E-state index in [0.29, 0.717) is 23.9 Å².